The zero-order chi connectivity index (χ0) is 20.9. The van der Waals surface area contributed by atoms with Crippen molar-refractivity contribution >= 4 is 23.8 Å². The lowest BCUT2D eigenvalue weighted by Gasteiger charge is -2.28. The van der Waals surface area contributed by atoms with Gasteiger partial charge in [0.25, 0.3) is 0 Å². The first-order chi connectivity index (χ1) is 13.1. The Morgan fingerprint density at radius 1 is 1.43 bits per heavy atom. The van der Waals surface area contributed by atoms with Crippen molar-refractivity contribution in [2.75, 3.05) is 26.3 Å². The predicted molar refractivity (Wildman–Crippen MR) is 97.5 cm³/mol. The number of nitrogens with one attached hydrogen (secondary N) is 1. The summed E-state index contributed by atoms with van der Waals surface area (Å²) < 4.78 is 5.10. The number of alkyl carbamates (subject to hydrolysis) is 1. The Morgan fingerprint density at radius 2 is 2.14 bits per heavy atom. The van der Waals surface area contributed by atoms with E-state index in [1.807, 2.05) is 0 Å². The summed E-state index contributed by atoms with van der Waals surface area (Å²) in [6.45, 7) is 9.24. The van der Waals surface area contributed by atoms with Crippen LogP contribution in [-0.2, 0) is 19.2 Å². The fraction of sp³-hybridized carbons (Fsp3) is 0.647. The molecule has 0 spiro atoms. The van der Waals surface area contributed by atoms with Crippen LogP contribution in [0.5, 0.6) is 0 Å². The molecule has 0 radical (unpaired) electrons. The number of carbonyl (C=O) groups excluding carboxylic acids is 2. The van der Waals surface area contributed by atoms with E-state index in [1.165, 1.54) is 11.0 Å². The number of oxime groups is 1. The monoisotopic (exact) mass is 398 g/mol. The molecule has 28 heavy (non-hydrogen) atoms. The standard InChI is InChI=1S/C17H26N4O7/c1-5-7-27-21-13-10-20(16(21)25)12(14(22)23)9-11(13)19-26-8-6-18-15(24)28-17(2,3)4/h5,12-13H,1,6-10H2,2-4H3,(H,18,24)(H,22,23)/b19-11-/t12-,13?/m0/s1. The van der Waals surface area contributed by atoms with E-state index in [4.69, 9.17) is 14.4 Å². The second-order valence-corrected chi connectivity index (χ2v) is 7.26. The molecular formula is C17H26N4O7. The molecule has 0 aromatic carbocycles. The van der Waals surface area contributed by atoms with Crippen molar-refractivity contribution in [1.29, 1.82) is 0 Å². The lowest BCUT2D eigenvalue weighted by Crippen LogP contribution is -2.48. The number of carboxylic acid groups (broad SMARTS) is 1. The number of piperidine rings is 1. The van der Waals surface area contributed by atoms with Crippen LogP contribution in [-0.4, -0.2) is 82.9 Å². The van der Waals surface area contributed by atoms with E-state index in [1.54, 1.807) is 20.8 Å². The smallest absolute Gasteiger partial charge is 0.407 e. The Morgan fingerprint density at radius 3 is 2.75 bits per heavy atom. The molecule has 11 nitrogen and oxygen atoms in total. The lowest BCUT2D eigenvalue weighted by atomic mass is 9.99. The van der Waals surface area contributed by atoms with Crippen LogP contribution >= 0.6 is 0 Å². The fourth-order valence-electron chi connectivity index (χ4n) is 2.78. The van der Waals surface area contributed by atoms with Crippen LogP contribution in [0.25, 0.3) is 0 Å². The second-order valence-electron chi connectivity index (χ2n) is 7.26. The highest BCUT2D eigenvalue weighted by Crippen LogP contribution is 2.29. The first-order valence-corrected chi connectivity index (χ1v) is 8.86. The minimum Gasteiger partial charge on any atom is -0.480 e. The van der Waals surface area contributed by atoms with Crippen molar-refractivity contribution in [3.8, 4) is 0 Å². The fourth-order valence-corrected chi connectivity index (χ4v) is 2.78. The van der Waals surface area contributed by atoms with Gasteiger partial charge in [-0.15, -0.1) is 6.58 Å². The van der Waals surface area contributed by atoms with Gasteiger partial charge in [0.2, 0.25) is 0 Å². The Labute approximate surface area is 162 Å². The van der Waals surface area contributed by atoms with Gasteiger partial charge in [-0.2, -0.15) is 5.06 Å². The van der Waals surface area contributed by atoms with Crippen LogP contribution in [0.4, 0.5) is 9.59 Å². The van der Waals surface area contributed by atoms with Gasteiger partial charge in [-0.1, -0.05) is 11.2 Å². The molecule has 1 unspecified atom stereocenters. The molecule has 156 valence electrons. The Balaban J connectivity index is 1.94. The van der Waals surface area contributed by atoms with Crippen molar-refractivity contribution in [3.05, 3.63) is 12.7 Å². The quantitative estimate of drug-likeness (QED) is 0.354. The summed E-state index contributed by atoms with van der Waals surface area (Å²) in [5.74, 6) is -1.13. The minimum atomic E-state index is -1.13. The number of hydroxylamine groups is 2. The van der Waals surface area contributed by atoms with Crippen molar-refractivity contribution in [2.24, 2.45) is 5.16 Å². The minimum absolute atomic E-state index is 0.0270. The van der Waals surface area contributed by atoms with Gasteiger partial charge in [0.05, 0.1) is 25.4 Å². The van der Waals surface area contributed by atoms with Crippen LogP contribution in [0.1, 0.15) is 27.2 Å². The third kappa shape index (κ3) is 5.35. The Hall–Kier alpha value is -2.82. The molecule has 0 aromatic rings. The molecule has 3 amide bonds. The number of urea groups is 1. The summed E-state index contributed by atoms with van der Waals surface area (Å²) in [5, 5.41) is 17.0. The number of rotatable bonds is 8. The zero-order valence-corrected chi connectivity index (χ0v) is 16.2. The van der Waals surface area contributed by atoms with Gasteiger partial charge < -0.3 is 24.9 Å². The van der Waals surface area contributed by atoms with Crippen LogP contribution in [0.2, 0.25) is 0 Å². The van der Waals surface area contributed by atoms with E-state index in [-0.39, 0.29) is 32.7 Å². The Bertz CT molecular complexity index is 658. The summed E-state index contributed by atoms with van der Waals surface area (Å²) in [6, 6.07) is -2.11. The number of carboxylic acids is 1. The first-order valence-electron chi connectivity index (χ1n) is 8.86. The predicted octanol–water partition coefficient (Wildman–Crippen LogP) is 0.964. The van der Waals surface area contributed by atoms with E-state index >= 15 is 0 Å². The molecule has 2 aliphatic rings. The summed E-state index contributed by atoms with van der Waals surface area (Å²) in [4.78, 5) is 47.3. The van der Waals surface area contributed by atoms with Crippen LogP contribution in [0, 0.1) is 0 Å². The Kier molecular flexibility index (Phi) is 6.84. The normalized spacial score (nSPS) is 23.0. The van der Waals surface area contributed by atoms with E-state index in [0.717, 1.165) is 5.06 Å². The van der Waals surface area contributed by atoms with Crippen molar-refractivity contribution < 1.29 is 33.9 Å². The maximum atomic E-state index is 12.4. The number of fused-ring (bicyclic) bond motifs is 2. The summed E-state index contributed by atoms with van der Waals surface area (Å²) in [7, 11) is 0. The van der Waals surface area contributed by atoms with E-state index < -0.39 is 35.8 Å². The molecule has 2 saturated heterocycles. The summed E-state index contributed by atoms with van der Waals surface area (Å²) in [6.07, 6.45) is 0.933. The molecule has 0 aromatic heterocycles. The highest BCUT2D eigenvalue weighted by Gasteiger charge is 2.51. The van der Waals surface area contributed by atoms with E-state index in [2.05, 4.69) is 17.1 Å². The third-order valence-electron chi connectivity index (χ3n) is 3.91. The molecule has 0 aliphatic carbocycles. The SMILES string of the molecule is C=CCON1C(=O)N2CC1/C(=N\OCCNC(=O)OC(C)(C)C)C[C@H]2C(=O)O. The molecule has 2 N–H and O–H groups in total. The highest BCUT2D eigenvalue weighted by molar-refractivity contribution is 6.01. The molecular weight excluding hydrogens is 372 g/mol. The third-order valence-corrected chi connectivity index (χ3v) is 3.91. The lowest BCUT2D eigenvalue weighted by molar-refractivity contribution is -0.142. The highest BCUT2D eigenvalue weighted by atomic mass is 16.7. The van der Waals surface area contributed by atoms with Gasteiger partial charge in [-0.3, -0.25) is 4.84 Å². The van der Waals surface area contributed by atoms with E-state index in [9.17, 15) is 19.5 Å². The number of hydrogen-bond acceptors (Lipinski definition) is 7. The first kappa shape index (κ1) is 21.5. The van der Waals surface area contributed by atoms with Gasteiger partial charge in [-0.25, -0.2) is 14.4 Å². The maximum Gasteiger partial charge on any atom is 0.407 e. The number of hydrogen-bond donors (Lipinski definition) is 2. The molecule has 2 bridgehead atoms. The number of aliphatic carboxylic acids is 1. The number of carbonyl (C=O) groups is 3. The van der Waals surface area contributed by atoms with Gasteiger partial charge in [0, 0.05) is 6.42 Å². The second kappa shape index (κ2) is 8.91. The molecule has 2 heterocycles. The number of nitrogens with zero attached hydrogens (tertiary/aromatic N) is 3. The topological polar surface area (TPSA) is 130 Å². The largest absolute Gasteiger partial charge is 0.480 e. The van der Waals surface area contributed by atoms with Crippen LogP contribution < -0.4 is 5.32 Å². The number of ether oxygens (including phenoxy) is 1. The summed E-state index contributed by atoms with van der Waals surface area (Å²) in [5.41, 5.74) is -0.217. The zero-order valence-electron chi connectivity index (χ0n) is 16.2. The molecule has 2 aliphatic heterocycles. The molecule has 11 heteroatoms. The van der Waals surface area contributed by atoms with Crippen molar-refractivity contribution in [3.63, 3.8) is 0 Å². The summed E-state index contributed by atoms with van der Waals surface area (Å²) >= 11 is 0. The average Bonchev–Trinajstić information content (AvgIpc) is 2.85. The molecule has 2 rings (SSSR count). The number of amides is 3. The van der Waals surface area contributed by atoms with E-state index in [0.29, 0.717) is 5.71 Å². The molecule has 0 saturated carbocycles. The van der Waals surface area contributed by atoms with Crippen LogP contribution in [0.3, 0.4) is 0 Å². The van der Waals surface area contributed by atoms with Crippen LogP contribution in [0.15, 0.2) is 17.8 Å². The molecule has 2 fully saturated rings. The molecule has 2 atom stereocenters. The van der Waals surface area contributed by atoms with Crippen molar-refractivity contribution in [2.45, 2.75) is 44.9 Å². The van der Waals surface area contributed by atoms with Gasteiger partial charge in [0.1, 0.15) is 24.3 Å². The van der Waals surface area contributed by atoms with Gasteiger partial charge >= 0.3 is 18.1 Å². The van der Waals surface area contributed by atoms with Gasteiger partial charge in [-0.05, 0) is 20.8 Å². The van der Waals surface area contributed by atoms with Gasteiger partial charge in [0.15, 0.2) is 0 Å². The maximum absolute atomic E-state index is 12.4. The average molecular weight is 398 g/mol. The van der Waals surface area contributed by atoms with Crippen molar-refractivity contribution in [1.82, 2.24) is 15.3 Å².